The first-order valence-corrected chi connectivity index (χ1v) is 5.03. The maximum absolute atomic E-state index is 11.1. The van der Waals surface area contributed by atoms with Crippen LogP contribution in [0, 0.1) is 5.41 Å². The molecule has 0 radical (unpaired) electrons. The second kappa shape index (κ2) is 3.76. The summed E-state index contributed by atoms with van der Waals surface area (Å²) in [6.45, 7) is 2.16. The molecule has 13 heavy (non-hydrogen) atoms. The normalized spacial score (nSPS) is 40.5. The van der Waals surface area contributed by atoms with Crippen molar-refractivity contribution in [1.82, 2.24) is 0 Å². The van der Waals surface area contributed by atoms with Crippen LogP contribution in [-0.2, 0) is 14.3 Å². The third-order valence-corrected chi connectivity index (χ3v) is 3.11. The lowest BCUT2D eigenvalue weighted by molar-refractivity contribution is -0.137. The summed E-state index contributed by atoms with van der Waals surface area (Å²) in [7, 11) is 0. The van der Waals surface area contributed by atoms with Crippen LogP contribution in [0.5, 0.6) is 0 Å². The maximum atomic E-state index is 11.1. The van der Waals surface area contributed by atoms with Crippen molar-refractivity contribution in [3.63, 3.8) is 0 Å². The average molecular weight is 184 g/mol. The van der Waals surface area contributed by atoms with Crippen molar-refractivity contribution in [1.29, 1.82) is 0 Å². The number of carbonyl (C=O) groups excluding carboxylic acids is 1. The Morgan fingerprint density at radius 2 is 2.23 bits per heavy atom. The van der Waals surface area contributed by atoms with Crippen molar-refractivity contribution < 1.29 is 14.3 Å². The van der Waals surface area contributed by atoms with Gasteiger partial charge in [0.2, 0.25) is 0 Å². The van der Waals surface area contributed by atoms with Gasteiger partial charge in [-0.1, -0.05) is 0 Å². The molecule has 2 fully saturated rings. The minimum Gasteiger partial charge on any atom is -0.380 e. The Bertz CT molecular complexity index is 179. The lowest BCUT2D eigenvalue weighted by atomic mass is 9.78. The van der Waals surface area contributed by atoms with Crippen molar-refractivity contribution in [2.75, 3.05) is 19.8 Å². The van der Waals surface area contributed by atoms with Crippen LogP contribution in [0.2, 0.25) is 0 Å². The molecule has 74 valence electrons. The molecule has 0 N–H and O–H groups in total. The highest BCUT2D eigenvalue weighted by atomic mass is 16.5. The van der Waals surface area contributed by atoms with Gasteiger partial charge in [-0.3, -0.25) is 0 Å². The van der Waals surface area contributed by atoms with Crippen molar-refractivity contribution in [3.05, 3.63) is 0 Å². The van der Waals surface area contributed by atoms with E-state index in [1.807, 2.05) is 0 Å². The fourth-order valence-electron chi connectivity index (χ4n) is 2.29. The summed E-state index contributed by atoms with van der Waals surface area (Å²) < 4.78 is 11.0. The van der Waals surface area contributed by atoms with E-state index in [9.17, 15) is 4.79 Å². The van der Waals surface area contributed by atoms with Gasteiger partial charge >= 0.3 is 0 Å². The summed E-state index contributed by atoms with van der Waals surface area (Å²) in [5, 5.41) is 0. The molecular weight excluding hydrogens is 168 g/mol. The predicted molar refractivity (Wildman–Crippen MR) is 47.5 cm³/mol. The summed E-state index contributed by atoms with van der Waals surface area (Å²) in [6, 6.07) is 0. The molecule has 0 bridgehead atoms. The Labute approximate surface area is 78.4 Å². The van der Waals surface area contributed by atoms with Crippen LogP contribution < -0.4 is 0 Å². The Morgan fingerprint density at radius 1 is 1.31 bits per heavy atom. The lowest BCUT2D eigenvalue weighted by Crippen LogP contribution is -2.43. The summed E-state index contributed by atoms with van der Waals surface area (Å²) in [5.41, 5.74) is -0.325. The van der Waals surface area contributed by atoms with E-state index in [1.165, 1.54) is 0 Å². The van der Waals surface area contributed by atoms with E-state index in [0.29, 0.717) is 6.61 Å². The number of ether oxygens (including phenoxy) is 2. The van der Waals surface area contributed by atoms with E-state index in [2.05, 4.69) is 0 Å². The summed E-state index contributed by atoms with van der Waals surface area (Å²) >= 11 is 0. The van der Waals surface area contributed by atoms with Crippen molar-refractivity contribution in [3.8, 4) is 0 Å². The molecule has 0 saturated carbocycles. The highest BCUT2D eigenvalue weighted by molar-refractivity contribution is 5.61. The Balaban J connectivity index is 2.07. The molecule has 0 amide bonds. The molecule has 3 nitrogen and oxygen atoms in total. The standard InChI is InChI=1S/C10H16O3/c11-7-10(4-2-5-12-8-10)9-3-1-6-13-9/h7,9H,1-6,8H2. The zero-order valence-corrected chi connectivity index (χ0v) is 7.83. The van der Waals surface area contributed by atoms with Crippen LogP contribution in [0.25, 0.3) is 0 Å². The molecule has 0 aromatic rings. The SMILES string of the molecule is O=CC1(C2CCCO2)CCCOC1. The first kappa shape index (κ1) is 9.16. The van der Waals surface area contributed by atoms with Crippen molar-refractivity contribution in [2.24, 2.45) is 5.41 Å². The van der Waals surface area contributed by atoms with E-state index in [1.54, 1.807) is 0 Å². The zero-order valence-electron chi connectivity index (χ0n) is 7.83. The van der Waals surface area contributed by atoms with E-state index in [4.69, 9.17) is 9.47 Å². The van der Waals surface area contributed by atoms with E-state index < -0.39 is 0 Å². The second-order valence-corrected chi connectivity index (χ2v) is 4.01. The van der Waals surface area contributed by atoms with Gasteiger partial charge in [0, 0.05) is 13.2 Å². The quantitative estimate of drug-likeness (QED) is 0.604. The number of carbonyl (C=O) groups is 1. The largest absolute Gasteiger partial charge is 0.380 e. The first-order chi connectivity index (χ1) is 6.37. The first-order valence-electron chi connectivity index (χ1n) is 5.03. The molecule has 0 spiro atoms. The molecule has 2 saturated heterocycles. The van der Waals surface area contributed by atoms with Gasteiger partial charge in [-0.15, -0.1) is 0 Å². The highest BCUT2D eigenvalue weighted by Crippen LogP contribution is 2.36. The zero-order chi connectivity index (χ0) is 9.15. The van der Waals surface area contributed by atoms with Crippen LogP contribution in [0.3, 0.4) is 0 Å². The Kier molecular flexibility index (Phi) is 2.65. The molecule has 2 rings (SSSR count). The molecule has 2 atom stereocenters. The third-order valence-electron chi connectivity index (χ3n) is 3.11. The van der Waals surface area contributed by atoms with E-state index in [0.717, 1.165) is 45.2 Å². The summed E-state index contributed by atoms with van der Waals surface area (Å²) in [5.74, 6) is 0. The van der Waals surface area contributed by atoms with Gasteiger partial charge in [-0.25, -0.2) is 0 Å². The van der Waals surface area contributed by atoms with Crippen LogP contribution in [0.15, 0.2) is 0 Å². The average Bonchev–Trinajstić information content (AvgIpc) is 2.72. The monoisotopic (exact) mass is 184 g/mol. The molecule has 0 aliphatic carbocycles. The molecule has 0 aromatic carbocycles. The lowest BCUT2D eigenvalue weighted by Gasteiger charge is -2.36. The summed E-state index contributed by atoms with van der Waals surface area (Å²) in [4.78, 5) is 11.1. The molecular formula is C10H16O3. The van der Waals surface area contributed by atoms with Gasteiger partial charge in [0.05, 0.1) is 18.1 Å². The summed E-state index contributed by atoms with van der Waals surface area (Å²) in [6.07, 6.45) is 5.19. The van der Waals surface area contributed by atoms with Gasteiger partial charge in [0.15, 0.2) is 0 Å². The van der Waals surface area contributed by atoms with Gasteiger partial charge in [-0.2, -0.15) is 0 Å². The van der Waals surface area contributed by atoms with Crippen molar-refractivity contribution in [2.45, 2.75) is 31.8 Å². The van der Waals surface area contributed by atoms with Crippen LogP contribution in [0.4, 0.5) is 0 Å². The minimum atomic E-state index is -0.325. The van der Waals surface area contributed by atoms with Gasteiger partial charge in [0.1, 0.15) is 6.29 Å². The number of hydrogen-bond acceptors (Lipinski definition) is 3. The maximum Gasteiger partial charge on any atom is 0.131 e. The molecule has 0 aromatic heterocycles. The third kappa shape index (κ3) is 1.63. The molecule has 2 unspecified atom stereocenters. The highest BCUT2D eigenvalue weighted by Gasteiger charge is 2.42. The number of aldehydes is 1. The smallest absolute Gasteiger partial charge is 0.131 e. The minimum absolute atomic E-state index is 0.116. The molecule has 3 heteroatoms. The Morgan fingerprint density at radius 3 is 2.77 bits per heavy atom. The van der Waals surface area contributed by atoms with E-state index >= 15 is 0 Å². The topological polar surface area (TPSA) is 35.5 Å². The number of rotatable bonds is 2. The van der Waals surface area contributed by atoms with Crippen molar-refractivity contribution >= 4 is 6.29 Å². The predicted octanol–water partition coefficient (Wildman–Crippen LogP) is 1.16. The molecule has 2 heterocycles. The fraction of sp³-hybridized carbons (Fsp3) is 0.900. The van der Waals surface area contributed by atoms with Gasteiger partial charge in [0.25, 0.3) is 0 Å². The molecule has 2 aliphatic heterocycles. The van der Waals surface area contributed by atoms with Crippen LogP contribution in [0.1, 0.15) is 25.7 Å². The van der Waals surface area contributed by atoms with Gasteiger partial charge < -0.3 is 14.3 Å². The number of hydrogen-bond donors (Lipinski definition) is 0. The van der Waals surface area contributed by atoms with Gasteiger partial charge in [-0.05, 0) is 25.7 Å². The fourth-order valence-corrected chi connectivity index (χ4v) is 2.29. The van der Waals surface area contributed by atoms with Crippen LogP contribution >= 0.6 is 0 Å². The second-order valence-electron chi connectivity index (χ2n) is 4.01. The van der Waals surface area contributed by atoms with Crippen LogP contribution in [-0.4, -0.2) is 32.2 Å². The Hall–Kier alpha value is -0.410. The molecule has 2 aliphatic rings. The van der Waals surface area contributed by atoms with E-state index in [-0.39, 0.29) is 11.5 Å².